The van der Waals surface area contributed by atoms with Crippen LogP contribution in [0.5, 0.6) is 0 Å². The van der Waals surface area contributed by atoms with Gasteiger partial charge in [-0.25, -0.2) is 0 Å². The van der Waals surface area contributed by atoms with E-state index < -0.39 is 0 Å². The average molecular weight is 489 g/mol. The SMILES string of the molecule is CC(=O)O[C@H](C)CNc1nc(NCCc2ccc(Br)cc2)nc(NCc2ccco2)n1. The van der Waals surface area contributed by atoms with Crippen molar-refractivity contribution in [3.8, 4) is 0 Å². The highest BCUT2D eigenvalue weighted by molar-refractivity contribution is 9.10. The second-order valence-electron chi connectivity index (χ2n) is 6.84. The van der Waals surface area contributed by atoms with E-state index in [1.807, 2.05) is 24.3 Å². The topological polar surface area (TPSA) is 114 Å². The Bertz CT molecular complexity index is 966. The maximum absolute atomic E-state index is 11.1. The van der Waals surface area contributed by atoms with Crippen LogP contribution < -0.4 is 16.0 Å². The van der Waals surface area contributed by atoms with Gasteiger partial charge in [0.1, 0.15) is 11.9 Å². The van der Waals surface area contributed by atoms with Crippen molar-refractivity contribution in [2.24, 2.45) is 0 Å². The molecule has 9 nitrogen and oxygen atoms in total. The fourth-order valence-corrected chi connectivity index (χ4v) is 2.99. The van der Waals surface area contributed by atoms with E-state index in [0.717, 1.165) is 16.7 Å². The normalized spacial score (nSPS) is 11.6. The number of nitrogens with one attached hydrogen (secondary N) is 3. The minimum atomic E-state index is -0.332. The first-order valence-electron chi connectivity index (χ1n) is 9.89. The van der Waals surface area contributed by atoms with Gasteiger partial charge in [-0.3, -0.25) is 4.79 Å². The molecule has 31 heavy (non-hydrogen) atoms. The Morgan fingerprint density at radius 1 is 1.06 bits per heavy atom. The second kappa shape index (κ2) is 11.3. The molecule has 1 atom stereocenters. The predicted octanol–water partition coefficient (Wildman–Crippen LogP) is 3.86. The van der Waals surface area contributed by atoms with E-state index in [4.69, 9.17) is 9.15 Å². The Kier molecular flexibility index (Phi) is 8.22. The van der Waals surface area contributed by atoms with Crippen molar-refractivity contribution in [3.63, 3.8) is 0 Å². The lowest BCUT2D eigenvalue weighted by molar-refractivity contribution is -0.144. The molecule has 2 heterocycles. The summed E-state index contributed by atoms with van der Waals surface area (Å²) in [6.07, 6.45) is 2.12. The van der Waals surface area contributed by atoms with E-state index in [2.05, 4.69) is 59.0 Å². The van der Waals surface area contributed by atoms with Crippen LogP contribution in [-0.2, 0) is 22.5 Å². The molecule has 0 aliphatic rings. The minimum absolute atomic E-state index is 0.317. The molecule has 0 amide bonds. The maximum atomic E-state index is 11.1. The highest BCUT2D eigenvalue weighted by atomic mass is 79.9. The second-order valence-corrected chi connectivity index (χ2v) is 7.76. The van der Waals surface area contributed by atoms with Gasteiger partial charge in [-0.2, -0.15) is 15.0 Å². The van der Waals surface area contributed by atoms with Gasteiger partial charge in [0.05, 0.1) is 19.4 Å². The first-order chi connectivity index (χ1) is 15.0. The standard InChI is InChI=1S/C21H25BrN6O3/c1-14(31-15(2)29)12-24-20-26-19(23-10-9-16-5-7-17(22)8-6-16)27-21(28-20)25-13-18-4-3-11-30-18/h3-8,11,14H,9-10,12-13H2,1-2H3,(H3,23,24,25,26,27,28)/t14-/m1/s1. The highest BCUT2D eigenvalue weighted by Crippen LogP contribution is 2.13. The first kappa shape index (κ1) is 22.5. The van der Waals surface area contributed by atoms with Crippen LogP contribution in [0.2, 0.25) is 0 Å². The monoisotopic (exact) mass is 488 g/mol. The third kappa shape index (κ3) is 7.89. The molecule has 10 heteroatoms. The van der Waals surface area contributed by atoms with E-state index in [0.29, 0.717) is 37.5 Å². The molecule has 2 aromatic heterocycles. The number of esters is 1. The Morgan fingerprint density at radius 2 is 1.74 bits per heavy atom. The van der Waals surface area contributed by atoms with Crippen LogP contribution in [0.1, 0.15) is 25.2 Å². The lowest BCUT2D eigenvalue weighted by atomic mass is 10.1. The van der Waals surface area contributed by atoms with Crippen molar-refractivity contribution in [3.05, 3.63) is 58.5 Å². The molecule has 3 rings (SSSR count). The molecular weight excluding hydrogens is 464 g/mol. The molecule has 0 spiro atoms. The number of carbonyl (C=O) groups excluding carboxylic acids is 1. The molecule has 0 saturated carbocycles. The fraction of sp³-hybridized carbons (Fsp3) is 0.333. The van der Waals surface area contributed by atoms with Crippen LogP contribution in [0.4, 0.5) is 17.8 Å². The van der Waals surface area contributed by atoms with Crippen LogP contribution in [0, 0.1) is 0 Å². The number of anilines is 3. The smallest absolute Gasteiger partial charge is 0.302 e. The summed E-state index contributed by atoms with van der Waals surface area (Å²) in [4.78, 5) is 24.3. The zero-order chi connectivity index (χ0) is 22.1. The number of furan rings is 1. The predicted molar refractivity (Wildman–Crippen MR) is 122 cm³/mol. The third-order valence-electron chi connectivity index (χ3n) is 4.16. The highest BCUT2D eigenvalue weighted by Gasteiger charge is 2.10. The molecule has 3 N–H and O–H groups in total. The number of nitrogens with zero attached hydrogens (tertiary/aromatic N) is 3. The number of halogens is 1. The number of benzene rings is 1. The quantitative estimate of drug-likeness (QED) is 0.346. The number of carbonyl (C=O) groups is 1. The largest absolute Gasteiger partial charge is 0.467 e. The van der Waals surface area contributed by atoms with Crippen LogP contribution >= 0.6 is 15.9 Å². The van der Waals surface area contributed by atoms with E-state index in [1.165, 1.54) is 12.5 Å². The Morgan fingerprint density at radius 3 is 2.39 bits per heavy atom. The van der Waals surface area contributed by atoms with Gasteiger partial charge in [-0.15, -0.1) is 0 Å². The van der Waals surface area contributed by atoms with Gasteiger partial charge in [0.15, 0.2) is 0 Å². The van der Waals surface area contributed by atoms with Gasteiger partial charge in [0.25, 0.3) is 0 Å². The summed E-state index contributed by atoms with van der Waals surface area (Å²) in [7, 11) is 0. The van der Waals surface area contributed by atoms with Crippen molar-refractivity contribution in [2.75, 3.05) is 29.0 Å². The molecule has 164 valence electrons. The number of aromatic nitrogens is 3. The molecule has 1 aromatic carbocycles. The van der Waals surface area contributed by atoms with Gasteiger partial charge >= 0.3 is 5.97 Å². The number of hydrogen-bond acceptors (Lipinski definition) is 9. The molecule has 0 fully saturated rings. The zero-order valence-electron chi connectivity index (χ0n) is 17.4. The Labute approximate surface area is 189 Å². The molecule has 0 aliphatic heterocycles. The minimum Gasteiger partial charge on any atom is -0.467 e. The lowest BCUT2D eigenvalue weighted by Crippen LogP contribution is -2.23. The maximum Gasteiger partial charge on any atom is 0.302 e. The molecule has 0 unspecified atom stereocenters. The Hall–Kier alpha value is -3.14. The summed E-state index contributed by atoms with van der Waals surface area (Å²) >= 11 is 3.44. The number of hydrogen-bond donors (Lipinski definition) is 3. The zero-order valence-corrected chi connectivity index (χ0v) is 19.0. The lowest BCUT2D eigenvalue weighted by Gasteiger charge is -2.14. The van der Waals surface area contributed by atoms with Gasteiger partial charge < -0.3 is 25.1 Å². The molecular formula is C21H25BrN6O3. The fourth-order valence-electron chi connectivity index (χ4n) is 2.72. The van der Waals surface area contributed by atoms with E-state index in [1.54, 1.807) is 13.2 Å². The van der Waals surface area contributed by atoms with Crippen molar-refractivity contribution in [1.29, 1.82) is 0 Å². The summed E-state index contributed by atoms with van der Waals surface area (Å²) in [5.41, 5.74) is 1.20. The summed E-state index contributed by atoms with van der Waals surface area (Å²) in [5, 5.41) is 9.46. The summed E-state index contributed by atoms with van der Waals surface area (Å²) in [5.74, 6) is 1.66. The van der Waals surface area contributed by atoms with E-state index >= 15 is 0 Å². The summed E-state index contributed by atoms with van der Waals surface area (Å²) in [6, 6.07) is 11.9. The van der Waals surface area contributed by atoms with Crippen molar-refractivity contribution in [1.82, 2.24) is 15.0 Å². The third-order valence-corrected chi connectivity index (χ3v) is 4.69. The van der Waals surface area contributed by atoms with Crippen molar-refractivity contribution in [2.45, 2.75) is 32.9 Å². The van der Waals surface area contributed by atoms with Crippen LogP contribution in [-0.4, -0.2) is 40.1 Å². The van der Waals surface area contributed by atoms with Crippen LogP contribution in [0.3, 0.4) is 0 Å². The summed E-state index contributed by atoms with van der Waals surface area (Å²) < 4.78 is 11.5. The van der Waals surface area contributed by atoms with E-state index in [9.17, 15) is 4.79 Å². The number of rotatable bonds is 11. The van der Waals surface area contributed by atoms with Gasteiger partial charge in [-0.1, -0.05) is 28.1 Å². The van der Waals surface area contributed by atoms with E-state index in [-0.39, 0.29) is 12.1 Å². The molecule has 0 bridgehead atoms. The average Bonchev–Trinajstić information content (AvgIpc) is 3.25. The van der Waals surface area contributed by atoms with Crippen molar-refractivity contribution >= 4 is 39.7 Å². The van der Waals surface area contributed by atoms with Crippen LogP contribution in [0.25, 0.3) is 0 Å². The van der Waals surface area contributed by atoms with Gasteiger partial charge in [0, 0.05) is 17.9 Å². The number of ether oxygens (including phenoxy) is 1. The molecule has 0 radical (unpaired) electrons. The first-order valence-corrected chi connectivity index (χ1v) is 10.7. The molecule has 3 aromatic rings. The molecule has 0 aliphatic carbocycles. The van der Waals surface area contributed by atoms with Gasteiger partial charge in [-0.05, 0) is 43.2 Å². The molecule has 0 saturated heterocycles. The van der Waals surface area contributed by atoms with Crippen molar-refractivity contribution < 1.29 is 13.9 Å². The Balaban J connectivity index is 1.64. The summed E-state index contributed by atoms with van der Waals surface area (Å²) in [6.45, 7) is 4.65. The van der Waals surface area contributed by atoms with Gasteiger partial charge in [0.2, 0.25) is 17.8 Å². The van der Waals surface area contributed by atoms with Crippen LogP contribution in [0.15, 0.2) is 51.6 Å².